The monoisotopic (exact) mass is 283 g/mol. The minimum absolute atomic E-state index is 0.203. The van der Waals surface area contributed by atoms with Gasteiger partial charge in [0, 0.05) is 6.42 Å². The van der Waals surface area contributed by atoms with Gasteiger partial charge in [-0.3, -0.25) is 4.79 Å². The number of hydrogen-bond acceptors (Lipinski definition) is 4. The van der Waals surface area contributed by atoms with E-state index < -0.39 is 11.4 Å². The van der Waals surface area contributed by atoms with E-state index in [0.717, 1.165) is 5.56 Å². The number of esters is 1. The fourth-order valence-electron chi connectivity index (χ4n) is 1.96. The summed E-state index contributed by atoms with van der Waals surface area (Å²) in [6.07, 6.45) is 0.390. The fourth-order valence-corrected chi connectivity index (χ4v) is 1.96. The highest BCUT2D eigenvalue weighted by Crippen LogP contribution is 2.20. The molecular formula is C15H22FNO3. The predicted molar refractivity (Wildman–Crippen MR) is 75.3 cm³/mol. The Bertz CT molecular complexity index is 464. The maximum atomic E-state index is 13.5. The molecule has 5 heteroatoms. The molecule has 1 aromatic rings. The lowest BCUT2D eigenvalue weighted by molar-refractivity contribution is -0.148. The topological polar surface area (TPSA) is 47.6 Å². The molecule has 20 heavy (non-hydrogen) atoms. The normalized spacial score (nSPS) is 13.7. The molecule has 0 fully saturated rings. The van der Waals surface area contributed by atoms with E-state index >= 15 is 0 Å². The number of halogens is 1. The van der Waals surface area contributed by atoms with Gasteiger partial charge in [-0.15, -0.1) is 0 Å². The van der Waals surface area contributed by atoms with Gasteiger partial charge in [0.05, 0.1) is 13.7 Å². The first-order chi connectivity index (χ1) is 9.42. The summed E-state index contributed by atoms with van der Waals surface area (Å²) >= 11 is 0. The number of nitrogens with one attached hydrogen (secondary N) is 1. The smallest absolute Gasteiger partial charge is 0.325 e. The van der Waals surface area contributed by atoms with Crippen molar-refractivity contribution in [1.82, 2.24) is 5.32 Å². The maximum absolute atomic E-state index is 13.5. The van der Waals surface area contributed by atoms with E-state index in [1.165, 1.54) is 13.2 Å². The number of likely N-dealkylation sites (N-methyl/N-ethyl adjacent to an activating group) is 1. The molecule has 0 spiro atoms. The van der Waals surface area contributed by atoms with E-state index in [1.807, 2.05) is 13.8 Å². The number of carbonyl (C=O) groups excluding carboxylic acids is 1. The Hall–Kier alpha value is -1.62. The molecule has 1 aromatic carbocycles. The molecule has 0 amide bonds. The molecular weight excluding hydrogens is 261 g/mol. The molecule has 1 unspecified atom stereocenters. The van der Waals surface area contributed by atoms with Crippen LogP contribution in [0.4, 0.5) is 4.39 Å². The van der Waals surface area contributed by atoms with Crippen molar-refractivity contribution in [2.45, 2.75) is 32.7 Å². The average molecular weight is 283 g/mol. The van der Waals surface area contributed by atoms with Gasteiger partial charge in [-0.25, -0.2) is 4.39 Å². The van der Waals surface area contributed by atoms with Crippen LogP contribution in [-0.4, -0.2) is 31.8 Å². The van der Waals surface area contributed by atoms with Crippen LogP contribution in [0.15, 0.2) is 18.2 Å². The number of aryl methyl sites for hydroxylation is 1. The molecule has 1 atom stereocenters. The summed E-state index contributed by atoms with van der Waals surface area (Å²) in [5, 5.41) is 3.07. The second-order valence-electron chi connectivity index (χ2n) is 4.89. The fraction of sp³-hybridized carbons (Fsp3) is 0.533. The van der Waals surface area contributed by atoms with Crippen LogP contribution in [0, 0.1) is 12.7 Å². The Morgan fingerprint density at radius 3 is 2.75 bits per heavy atom. The lowest BCUT2D eigenvalue weighted by Crippen LogP contribution is -2.51. The van der Waals surface area contributed by atoms with Crippen LogP contribution in [0.25, 0.3) is 0 Å². The zero-order valence-corrected chi connectivity index (χ0v) is 12.5. The molecule has 112 valence electrons. The highest BCUT2D eigenvalue weighted by Gasteiger charge is 2.33. The van der Waals surface area contributed by atoms with Crippen molar-refractivity contribution in [2.24, 2.45) is 0 Å². The lowest BCUT2D eigenvalue weighted by atomic mass is 9.98. The maximum Gasteiger partial charge on any atom is 0.325 e. The summed E-state index contributed by atoms with van der Waals surface area (Å²) in [5.74, 6) is -0.555. The summed E-state index contributed by atoms with van der Waals surface area (Å²) in [6, 6.07) is 4.69. The van der Waals surface area contributed by atoms with Crippen molar-refractivity contribution in [3.63, 3.8) is 0 Å². The summed E-state index contributed by atoms with van der Waals surface area (Å²) in [5.41, 5.74) is 0.0906. The van der Waals surface area contributed by atoms with Crippen molar-refractivity contribution in [3.8, 4) is 5.75 Å². The Balaban J connectivity index is 2.65. The van der Waals surface area contributed by atoms with Crippen LogP contribution in [0.1, 0.15) is 25.8 Å². The van der Waals surface area contributed by atoms with E-state index in [0.29, 0.717) is 13.0 Å². The van der Waals surface area contributed by atoms with Crippen molar-refractivity contribution < 1.29 is 18.7 Å². The quantitative estimate of drug-likeness (QED) is 0.781. The largest absolute Gasteiger partial charge is 0.490 e. The zero-order valence-electron chi connectivity index (χ0n) is 12.5. The van der Waals surface area contributed by atoms with Gasteiger partial charge in [0.1, 0.15) is 5.54 Å². The standard InChI is InChI=1S/C15H22FNO3/c1-5-17-15(3,14(18)19-4)8-9-20-13-10-11(2)6-7-12(13)16/h6-7,10,17H,5,8-9H2,1-4H3. The third-order valence-electron chi connectivity index (χ3n) is 3.15. The molecule has 0 aromatic heterocycles. The third kappa shape index (κ3) is 4.20. The van der Waals surface area contributed by atoms with Crippen LogP contribution in [0.2, 0.25) is 0 Å². The molecule has 0 bridgehead atoms. The van der Waals surface area contributed by atoms with Crippen LogP contribution in [0.5, 0.6) is 5.75 Å². The summed E-state index contributed by atoms with van der Waals surface area (Å²) in [6.45, 7) is 6.37. The van der Waals surface area contributed by atoms with E-state index in [9.17, 15) is 9.18 Å². The van der Waals surface area contributed by atoms with Crippen molar-refractivity contribution in [1.29, 1.82) is 0 Å². The summed E-state index contributed by atoms with van der Waals surface area (Å²) < 4.78 is 23.7. The van der Waals surface area contributed by atoms with Gasteiger partial charge >= 0.3 is 5.97 Å². The number of rotatable bonds is 7. The predicted octanol–water partition coefficient (Wildman–Crippen LogP) is 2.44. The van der Waals surface area contributed by atoms with Crippen molar-refractivity contribution >= 4 is 5.97 Å². The number of benzene rings is 1. The van der Waals surface area contributed by atoms with Crippen LogP contribution in [0.3, 0.4) is 0 Å². The van der Waals surface area contributed by atoms with Gasteiger partial charge in [0.2, 0.25) is 0 Å². The van der Waals surface area contributed by atoms with Crippen LogP contribution in [-0.2, 0) is 9.53 Å². The molecule has 0 radical (unpaired) electrons. The summed E-state index contributed by atoms with van der Waals surface area (Å²) in [4.78, 5) is 11.8. The van der Waals surface area contributed by atoms with Gasteiger partial charge in [-0.2, -0.15) is 0 Å². The minimum Gasteiger partial charge on any atom is -0.490 e. The summed E-state index contributed by atoms with van der Waals surface area (Å²) in [7, 11) is 1.35. The van der Waals surface area contributed by atoms with E-state index in [1.54, 1.807) is 19.1 Å². The highest BCUT2D eigenvalue weighted by atomic mass is 19.1. The molecule has 0 aliphatic rings. The number of carbonyl (C=O) groups is 1. The first-order valence-electron chi connectivity index (χ1n) is 6.65. The Kier molecular flexibility index (Phi) is 5.95. The van der Waals surface area contributed by atoms with Crippen molar-refractivity contribution in [3.05, 3.63) is 29.6 Å². The van der Waals surface area contributed by atoms with Gasteiger partial charge < -0.3 is 14.8 Å². The van der Waals surface area contributed by atoms with E-state index in [4.69, 9.17) is 9.47 Å². The third-order valence-corrected chi connectivity index (χ3v) is 3.15. The second kappa shape index (κ2) is 7.24. The van der Waals surface area contributed by atoms with Crippen molar-refractivity contribution in [2.75, 3.05) is 20.3 Å². The van der Waals surface area contributed by atoms with Gasteiger partial charge in [0.25, 0.3) is 0 Å². The molecule has 0 aliphatic heterocycles. The molecule has 0 saturated heterocycles. The number of hydrogen-bond donors (Lipinski definition) is 1. The minimum atomic E-state index is -0.830. The lowest BCUT2D eigenvalue weighted by Gasteiger charge is -2.27. The number of methoxy groups -OCH3 is 1. The molecule has 0 aliphatic carbocycles. The molecule has 1 rings (SSSR count). The highest BCUT2D eigenvalue weighted by molar-refractivity contribution is 5.80. The van der Waals surface area contributed by atoms with Crippen LogP contribution < -0.4 is 10.1 Å². The van der Waals surface area contributed by atoms with Crippen LogP contribution >= 0.6 is 0 Å². The SMILES string of the molecule is CCNC(C)(CCOc1cc(C)ccc1F)C(=O)OC. The molecule has 0 saturated carbocycles. The Morgan fingerprint density at radius 1 is 1.45 bits per heavy atom. The van der Waals surface area contributed by atoms with Gasteiger partial charge in [-0.05, 0) is 38.1 Å². The second-order valence-corrected chi connectivity index (χ2v) is 4.89. The molecule has 0 heterocycles. The van der Waals surface area contributed by atoms with Gasteiger partial charge in [-0.1, -0.05) is 13.0 Å². The zero-order chi connectivity index (χ0) is 15.2. The molecule has 4 nitrogen and oxygen atoms in total. The van der Waals surface area contributed by atoms with E-state index in [2.05, 4.69) is 5.32 Å². The number of ether oxygens (including phenoxy) is 2. The Morgan fingerprint density at radius 2 is 2.15 bits per heavy atom. The van der Waals surface area contributed by atoms with E-state index in [-0.39, 0.29) is 18.3 Å². The first kappa shape index (κ1) is 16.4. The van der Waals surface area contributed by atoms with Gasteiger partial charge in [0.15, 0.2) is 11.6 Å². The Labute approximate surface area is 119 Å². The average Bonchev–Trinajstić information content (AvgIpc) is 2.42. The first-order valence-corrected chi connectivity index (χ1v) is 6.65. The molecule has 1 N–H and O–H groups in total.